The van der Waals surface area contributed by atoms with Crippen LogP contribution in [0.4, 0.5) is 4.79 Å². The smallest absolute Gasteiger partial charge is 0.405 e. The Morgan fingerprint density at radius 2 is 2.17 bits per heavy atom. The summed E-state index contributed by atoms with van der Waals surface area (Å²) in [5.74, 6) is 0. The molecule has 0 bridgehead atoms. The lowest BCUT2D eigenvalue weighted by Gasteiger charge is -2.30. The number of rotatable bonds is 5. The van der Waals surface area contributed by atoms with Crippen LogP contribution in [0.25, 0.3) is 0 Å². The fourth-order valence-electron chi connectivity index (χ4n) is 1.84. The maximum Gasteiger partial charge on any atom is 0.405 e. The van der Waals surface area contributed by atoms with Gasteiger partial charge >= 0.3 is 6.09 Å². The fraction of sp³-hybridized carbons (Fsp3) is 0.462. The van der Waals surface area contributed by atoms with E-state index in [-0.39, 0.29) is 0 Å². The molecule has 0 saturated heterocycles. The van der Waals surface area contributed by atoms with Gasteiger partial charge in [0.05, 0.1) is 6.10 Å². The molecule has 0 saturated carbocycles. The van der Waals surface area contributed by atoms with E-state index in [2.05, 4.69) is 0 Å². The van der Waals surface area contributed by atoms with Crippen LogP contribution >= 0.6 is 11.6 Å². The molecule has 0 unspecified atom stereocenters. The van der Waals surface area contributed by atoms with Gasteiger partial charge in [0.25, 0.3) is 0 Å². The molecular weight excluding hydrogens is 254 g/mol. The van der Waals surface area contributed by atoms with Gasteiger partial charge in [-0.2, -0.15) is 0 Å². The van der Waals surface area contributed by atoms with Gasteiger partial charge in [0.2, 0.25) is 0 Å². The van der Waals surface area contributed by atoms with Gasteiger partial charge < -0.3 is 15.6 Å². The van der Waals surface area contributed by atoms with Crippen molar-refractivity contribution in [1.82, 2.24) is 0 Å². The van der Waals surface area contributed by atoms with E-state index < -0.39 is 17.8 Å². The Morgan fingerprint density at radius 1 is 1.56 bits per heavy atom. The van der Waals surface area contributed by atoms with Gasteiger partial charge in [-0.3, -0.25) is 0 Å². The first-order valence-corrected chi connectivity index (χ1v) is 6.14. The van der Waals surface area contributed by atoms with E-state index in [9.17, 15) is 9.90 Å². The number of ether oxygens (including phenoxy) is 1. The van der Waals surface area contributed by atoms with Crippen LogP contribution in [0.15, 0.2) is 24.3 Å². The zero-order valence-corrected chi connectivity index (χ0v) is 11.3. The SMILES string of the molecule is C[C@H](O)CC[C@](C)(OC(N)=O)c1ccccc1Cl. The average molecular weight is 272 g/mol. The number of benzene rings is 1. The van der Waals surface area contributed by atoms with Crippen LogP contribution in [0.2, 0.25) is 5.02 Å². The number of carbonyl (C=O) groups is 1. The minimum Gasteiger partial charge on any atom is -0.438 e. The number of carbonyl (C=O) groups excluding carboxylic acids is 1. The number of nitrogens with two attached hydrogens (primary N) is 1. The summed E-state index contributed by atoms with van der Waals surface area (Å²) < 4.78 is 5.20. The highest BCUT2D eigenvalue weighted by atomic mass is 35.5. The summed E-state index contributed by atoms with van der Waals surface area (Å²) in [7, 11) is 0. The highest BCUT2D eigenvalue weighted by Crippen LogP contribution is 2.35. The molecule has 2 atom stereocenters. The van der Waals surface area contributed by atoms with Gasteiger partial charge in [0.15, 0.2) is 0 Å². The molecule has 0 heterocycles. The lowest BCUT2D eigenvalue weighted by molar-refractivity contribution is 0.0103. The van der Waals surface area contributed by atoms with Crippen molar-refractivity contribution in [3.8, 4) is 0 Å². The summed E-state index contributed by atoms with van der Waals surface area (Å²) in [6.45, 7) is 3.42. The van der Waals surface area contributed by atoms with Gasteiger partial charge in [-0.15, -0.1) is 0 Å². The molecule has 18 heavy (non-hydrogen) atoms. The second-order valence-electron chi connectivity index (χ2n) is 4.52. The van der Waals surface area contributed by atoms with E-state index in [1.807, 2.05) is 6.07 Å². The third kappa shape index (κ3) is 3.89. The fourth-order valence-corrected chi connectivity index (χ4v) is 2.17. The molecule has 0 aliphatic carbocycles. The standard InChI is InChI=1S/C13H18ClNO3/c1-9(16)7-8-13(2,18-12(15)17)10-5-3-4-6-11(10)14/h3-6,9,16H,7-8H2,1-2H3,(H2,15,17)/t9-,13-/m0/s1. The summed E-state index contributed by atoms with van der Waals surface area (Å²) >= 11 is 6.11. The molecule has 3 N–H and O–H groups in total. The van der Waals surface area contributed by atoms with E-state index in [0.29, 0.717) is 23.4 Å². The molecule has 1 amide bonds. The lowest BCUT2D eigenvalue weighted by atomic mass is 9.89. The Labute approximate surface area is 112 Å². The third-order valence-electron chi connectivity index (χ3n) is 2.81. The highest BCUT2D eigenvalue weighted by molar-refractivity contribution is 6.31. The first-order chi connectivity index (χ1) is 8.35. The summed E-state index contributed by atoms with van der Waals surface area (Å²) in [5.41, 5.74) is 4.86. The Kier molecular flexibility index (Phi) is 4.99. The summed E-state index contributed by atoms with van der Waals surface area (Å²) in [6.07, 6.45) is -0.418. The predicted molar refractivity (Wildman–Crippen MR) is 70.4 cm³/mol. The molecule has 0 fully saturated rings. The molecule has 5 heteroatoms. The first-order valence-electron chi connectivity index (χ1n) is 5.76. The van der Waals surface area contributed by atoms with E-state index in [1.54, 1.807) is 32.0 Å². The van der Waals surface area contributed by atoms with E-state index in [0.717, 1.165) is 0 Å². The van der Waals surface area contributed by atoms with Crippen LogP contribution < -0.4 is 5.73 Å². The number of primary amides is 1. The number of hydrogen-bond donors (Lipinski definition) is 2. The van der Waals surface area contributed by atoms with Gasteiger partial charge in [0.1, 0.15) is 5.60 Å². The predicted octanol–water partition coefficient (Wildman–Crippen LogP) is 2.81. The maximum atomic E-state index is 11.0. The number of halogens is 1. The highest BCUT2D eigenvalue weighted by Gasteiger charge is 2.32. The second kappa shape index (κ2) is 6.07. The lowest BCUT2D eigenvalue weighted by Crippen LogP contribution is -2.33. The second-order valence-corrected chi connectivity index (χ2v) is 4.93. The van der Waals surface area contributed by atoms with Gasteiger partial charge in [0, 0.05) is 10.6 Å². The minimum atomic E-state index is -0.929. The van der Waals surface area contributed by atoms with Gasteiger partial charge in [-0.25, -0.2) is 4.79 Å². The summed E-state index contributed by atoms with van der Waals surface area (Å²) in [4.78, 5) is 11.0. The Hall–Kier alpha value is -1.26. The van der Waals surface area contributed by atoms with Crippen molar-refractivity contribution in [2.75, 3.05) is 0 Å². The summed E-state index contributed by atoms with van der Waals surface area (Å²) in [6, 6.07) is 7.12. The molecule has 4 nitrogen and oxygen atoms in total. The average Bonchev–Trinajstić information content (AvgIpc) is 2.26. The van der Waals surface area contributed by atoms with E-state index in [4.69, 9.17) is 22.1 Å². The largest absolute Gasteiger partial charge is 0.438 e. The molecule has 0 aromatic heterocycles. The van der Waals surface area contributed by atoms with Crippen molar-refractivity contribution in [1.29, 1.82) is 0 Å². The van der Waals surface area contributed by atoms with E-state index >= 15 is 0 Å². The van der Waals surface area contributed by atoms with Crippen LogP contribution in [0.1, 0.15) is 32.3 Å². The van der Waals surface area contributed by atoms with Crippen LogP contribution in [0.5, 0.6) is 0 Å². The Balaban J connectivity index is 3.03. The van der Waals surface area contributed by atoms with Crippen LogP contribution in [-0.4, -0.2) is 17.3 Å². The number of aliphatic hydroxyl groups excluding tert-OH is 1. The van der Waals surface area contributed by atoms with Crippen molar-refractivity contribution < 1.29 is 14.6 Å². The summed E-state index contributed by atoms with van der Waals surface area (Å²) in [5, 5.41) is 9.87. The van der Waals surface area contributed by atoms with Crippen molar-refractivity contribution in [2.24, 2.45) is 5.73 Å². The molecule has 1 aromatic carbocycles. The molecule has 0 aliphatic heterocycles. The molecule has 100 valence electrons. The van der Waals surface area contributed by atoms with Crippen molar-refractivity contribution >= 4 is 17.7 Å². The normalized spacial score (nSPS) is 15.8. The third-order valence-corrected chi connectivity index (χ3v) is 3.14. The first kappa shape index (κ1) is 14.8. The van der Waals surface area contributed by atoms with Crippen molar-refractivity contribution in [3.63, 3.8) is 0 Å². The number of hydrogen-bond acceptors (Lipinski definition) is 3. The molecule has 1 rings (SSSR count). The number of aliphatic hydroxyl groups is 1. The zero-order chi connectivity index (χ0) is 13.8. The van der Waals surface area contributed by atoms with Crippen molar-refractivity contribution in [2.45, 2.75) is 38.4 Å². The van der Waals surface area contributed by atoms with Gasteiger partial charge in [-0.1, -0.05) is 29.8 Å². The Morgan fingerprint density at radius 3 is 2.67 bits per heavy atom. The van der Waals surface area contributed by atoms with Crippen LogP contribution in [0.3, 0.4) is 0 Å². The minimum absolute atomic E-state index is 0.442. The van der Waals surface area contributed by atoms with Crippen molar-refractivity contribution in [3.05, 3.63) is 34.9 Å². The maximum absolute atomic E-state index is 11.0. The van der Waals surface area contributed by atoms with Gasteiger partial charge in [-0.05, 0) is 32.8 Å². The molecule has 0 spiro atoms. The Bertz CT molecular complexity index is 422. The zero-order valence-electron chi connectivity index (χ0n) is 10.5. The monoisotopic (exact) mass is 271 g/mol. The van der Waals surface area contributed by atoms with Crippen LogP contribution in [-0.2, 0) is 10.3 Å². The number of amides is 1. The van der Waals surface area contributed by atoms with Crippen LogP contribution in [0, 0.1) is 0 Å². The van der Waals surface area contributed by atoms with E-state index in [1.165, 1.54) is 0 Å². The topological polar surface area (TPSA) is 72.6 Å². The molecule has 1 aromatic rings. The molecule has 0 radical (unpaired) electrons. The quantitative estimate of drug-likeness (QED) is 0.865. The molecule has 0 aliphatic rings. The molecular formula is C13H18ClNO3.